The molecule has 2 aromatic carbocycles. The van der Waals surface area contributed by atoms with E-state index < -0.39 is 0 Å². The topological polar surface area (TPSA) is 75.9 Å². The molecule has 0 radical (unpaired) electrons. The Morgan fingerprint density at radius 1 is 0.786 bits per heavy atom. The Balaban J connectivity index is 1.72. The monoisotopic (exact) mass is 371 g/mol. The third kappa shape index (κ3) is 4.01. The zero-order chi connectivity index (χ0) is 19.5. The van der Waals surface area contributed by atoms with E-state index in [4.69, 9.17) is 9.51 Å². The van der Waals surface area contributed by atoms with Gasteiger partial charge in [0.15, 0.2) is 5.82 Å². The molecule has 0 amide bonds. The van der Waals surface area contributed by atoms with Crippen molar-refractivity contribution in [3.05, 3.63) is 77.6 Å². The van der Waals surface area contributed by atoms with Crippen molar-refractivity contribution >= 4 is 23.3 Å². The van der Waals surface area contributed by atoms with Crippen LogP contribution in [0.5, 0.6) is 0 Å². The molecule has 2 aromatic heterocycles. The first-order chi connectivity index (χ1) is 13.6. The van der Waals surface area contributed by atoms with Gasteiger partial charge < -0.3 is 15.2 Å². The van der Waals surface area contributed by atoms with Crippen LogP contribution in [0, 0.1) is 20.8 Å². The summed E-state index contributed by atoms with van der Waals surface area (Å²) < 4.78 is 5.13. The summed E-state index contributed by atoms with van der Waals surface area (Å²) in [5.74, 6) is 2.48. The van der Waals surface area contributed by atoms with Gasteiger partial charge in [0.2, 0.25) is 5.95 Å². The molecular weight excluding hydrogens is 350 g/mol. The van der Waals surface area contributed by atoms with Crippen LogP contribution < -0.4 is 10.6 Å². The second kappa shape index (κ2) is 7.52. The molecule has 0 fully saturated rings. The van der Waals surface area contributed by atoms with Crippen LogP contribution in [0.15, 0.2) is 65.2 Å². The van der Waals surface area contributed by atoms with Crippen LogP contribution in [0.25, 0.3) is 11.3 Å². The average Bonchev–Trinajstić information content (AvgIpc) is 3.09. The number of nitrogens with zero attached hydrogens (tertiary/aromatic N) is 3. The number of aryl methyl sites for hydroxylation is 3. The third-order valence-corrected chi connectivity index (χ3v) is 4.31. The van der Waals surface area contributed by atoms with E-state index in [1.165, 1.54) is 5.56 Å². The highest BCUT2D eigenvalue weighted by Crippen LogP contribution is 2.26. The molecule has 2 heterocycles. The second-order valence-electron chi connectivity index (χ2n) is 6.72. The average molecular weight is 371 g/mol. The molecule has 0 aliphatic heterocycles. The third-order valence-electron chi connectivity index (χ3n) is 4.31. The molecule has 0 saturated heterocycles. The van der Waals surface area contributed by atoms with Crippen LogP contribution in [0.2, 0.25) is 0 Å². The number of nitrogens with one attached hydrogen (secondary N) is 2. The molecule has 0 bridgehead atoms. The summed E-state index contributed by atoms with van der Waals surface area (Å²) in [7, 11) is 0. The summed E-state index contributed by atoms with van der Waals surface area (Å²) in [4.78, 5) is 9.31. The number of hydrogen-bond donors (Lipinski definition) is 2. The zero-order valence-corrected chi connectivity index (χ0v) is 16.0. The highest BCUT2D eigenvalue weighted by Gasteiger charge is 2.10. The van der Waals surface area contributed by atoms with Crippen molar-refractivity contribution in [3.63, 3.8) is 0 Å². The Morgan fingerprint density at radius 2 is 1.61 bits per heavy atom. The van der Waals surface area contributed by atoms with E-state index in [2.05, 4.69) is 46.8 Å². The molecule has 0 spiro atoms. The lowest BCUT2D eigenvalue weighted by molar-refractivity contribution is 0.400. The highest BCUT2D eigenvalue weighted by atomic mass is 16.5. The lowest BCUT2D eigenvalue weighted by atomic mass is 10.1. The van der Waals surface area contributed by atoms with Crippen molar-refractivity contribution in [2.75, 3.05) is 10.6 Å². The van der Waals surface area contributed by atoms with Crippen molar-refractivity contribution in [3.8, 4) is 11.3 Å². The Morgan fingerprint density at radius 3 is 2.32 bits per heavy atom. The van der Waals surface area contributed by atoms with E-state index >= 15 is 0 Å². The van der Waals surface area contributed by atoms with Crippen LogP contribution in [-0.4, -0.2) is 15.1 Å². The van der Waals surface area contributed by atoms with Gasteiger partial charge >= 0.3 is 0 Å². The van der Waals surface area contributed by atoms with Crippen molar-refractivity contribution in [2.45, 2.75) is 20.8 Å². The molecule has 140 valence electrons. The fourth-order valence-electron chi connectivity index (χ4n) is 2.95. The van der Waals surface area contributed by atoms with Crippen LogP contribution >= 0.6 is 0 Å². The maximum Gasteiger partial charge on any atom is 0.229 e. The van der Waals surface area contributed by atoms with Gasteiger partial charge in [0.05, 0.1) is 5.69 Å². The highest BCUT2D eigenvalue weighted by molar-refractivity contribution is 5.68. The maximum absolute atomic E-state index is 5.13. The minimum atomic E-state index is 0.510. The maximum atomic E-state index is 5.13. The first-order valence-corrected chi connectivity index (χ1v) is 9.06. The molecule has 4 aromatic rings. The molecule has 0 aliphatic rings. The molecule has 0 unspecified atom stereocenters. The van der Waals surface area contributed by atoms with Crippen molar-refractivity contribution in [1.82, 2.24) is 15.1 Å². The van der Waals surface area contributed by atoms with E-state index in [9.17, 15) is 0 Å². The molecule has 2 N–H and O–H groups in total. The van der Waals surface area contributed by atoms with Gasteiger partial charge in [0.1, 0.15) is 11.6 Å². The number of rotatable bonds is 5. The van der Waals surface area contributed by atoms with E-state index in [0.29, 0.717) is 17.6 Å². The van der Waals surface area contributed by atoms with Crippen molar-refractivity contribution in [1.29, 1.82) is 0 Å². The standard InChI is InChI=1S/C22H21N5O/c1-14-9-10-18(15(2)11-14)23-22-24-19(17-7-5-4-6-8-17)13-20(26-22)25-21-12-16(3)28-27-21/h4-13H,1-3H3,(H2,23,24,25,26,27). The molecular formula is C22H21N5O. The fraction of sp³-hybridized carbons (Fsp3) is 0.136. The number of anilines is 4. The molecule has 6 heteroatoms. The number of benzene rings is 2. The first-order valence-electron chi connectivity index (χ1n) is 9.06. The summed E-state index contributed by atoms with van der Waals surface area (Å²) in [6.45, 7) is 5.99. The number of hydrogen-bond acceptors (Lipinski definition) is 6. The van der Waals surface area contributed by atoms with Gasteiger partial charge in [-0.25, -0.2) is 4.98 Å². The fourth-order valence-corrected chi connectivity index (χ4v) is 2.95. The summed E-state index contributed by atoms with van der Waals surface area (Å²) in [6.07, 6.45) is 0. The minimum Gasteiger partial charge on any atom is -0.360 e. The van der Waals surface area contributed by atoms with E-state index in [-0.39, 0.29) is 0 Å². The first kappa shape index (κ1) is 17.7. The van der Waals surface area contributed by atoms with Gasteiger partial charge in [-0.05, 0) is 32.4 Å². The minimum absolute atomic E-state index is 0.510. The summed E-state index contributed by atoms with van der Waals surface area (Å²) in [6, 6.07) is 19.9. The lowest BCUT2D eigenvalue weighted by Gasteiger charge is -2.12. The Hall–Kier alpha value is -3.67. The Bertz CT molecular complexity index is 1110. The second-order valence-corrected chi connectivity index (χ2v) is 6.72. The molecule has 4 rings (SSSR count). The molecule has 0 saturated carbocycles. The van der Waals surface area contributed by atoms with Gasteiger partial charge in [0, 0.05) is 23.4 Å². The van der Waals surface area contributed by atoms with Gasteiger partial charge in [-0.1, -0.05) is 53.2 Å². The normalized spacial score (nSPS) is 10.7. The van der Waals surface area contributed by atoms with Gasteiger partial charge in [-0.3, -0.25) is 0 Å². The summed E-state index contributed by atoms with van der Waals surface area (Å²) >= 11 is 0. The summed E-state index contributed by atoms with van der Waals surface area (Å²) in [5.41, 5.74) is 5.14. The van der Waals surface area contributed by atoms with Crippen molar-refractivity contribution in [2.24, 2.45) is 0 Å². The van der Waals surface area contributed by atoms with Crippen molar-refractivity contribution < 1.29 is 4.52 Å². The lowest BCUT2D eigenvalue weighted by Crippen LogP contribution is -2.03. The predicted molar refractivity (Wildman–Crippen MR) is 111 cm³/mol. The van der Waals surface area contributed by atoms with E-state index in [1.54, 1.807) is 0 Å². The van der Waals surface area contributed by atoms with E-state index in [0.717, 1.165) is 28.3 Å². The summed E-state index contributed by atoms with van der Waals surface area (Å²) in [5, 5.41) is 10.5. The molecule has 28 heavy (non-hydrogen) atoms. The predicted octanol–water partition coefficient (Wildman–Crippen LogP) is 5.54. The molecule has 0 atom stereocenters. The van der Waals surface area contributed by atoms with Crippen LogP contribution in [0.4, 0.5) is 23.3 Å². The zero-order valence-electron chi connectivity index (χ0n) is 16.0. The molecule has 0 aliphatic carbocycles. The van der Waals surface area contributed by atoms with Crippen LogP contribution in [0.1, 0.15) is 16.9 Å². The SMILES string of the molecule is Cc1ccc(Nc2nc(Nc3cc(C)on3)cc(-c3ccccc3)n2)c(C)c1. The van der Waals surface area contributed by atoms with Gasteiger partial charge in [0.25, 0.3) is 0 Å². The van der Waals surface area contributed by atoms with Gasteiger partial charge in [-0.15, -0.1) is 0 Å². The Labute approximate surface area is 163 Å². The van der Waals surface area contributed by atoms with Gasteiger partial charge in [-0.2, -0.15) is 4.98 Å². The Kier molecular flexibility index (Phi) is 4.76. The van der Waals surface area contributed by atoms with E-state index in [1.807, 2.05) is 55.5 Å². The molecule has 6 nitrogen and oxygen atoms in total. The van der Waals surface area contributed by atoms with Crippen LogP contribution in [0.3, 0.4) is 0 Å². The largest absolute Gasteiger partial charge is 0.360 e. The van der Waals surface area contributed by atoms with Crippen LogP contribution in [-0.2, 0) is 0 Å². The smallest absolute Gasteiger partial charge is 0.229 e. The number of aromatic nitrogens is 3. The quantitative estimate of drug-likeness (QED) is 0.479.